The van der Waals surface area contributed by atoms with Crippen LogP contribution in [0.2, 0.25) is 0 Å². The van der Waals surface area contributed by atoms with Gasteiger partial charge in [0.15, 0.2) is 6.72 Å². The molecule has 0 fully saturated rings. The summed E-state index contributed by atoms with van der Waals surface area (Å²) in [6, 6.07) is 8.74. The van der Waals surface area contributed by atoms with Crippen molar-refractivity contribution >= 4 is 18.5 Å². The summed E-state index contributed by atoms with van der Waals surface area (Å²) in [5.41, 5.74) is 0. The average Bonchev–Trinajstić information content (AvgIpc) is 2.30. The molecule has 0 spiro atoms. The van der Waals surface area contributed by atoms with Crippen LogP contribution in [-0.2, 0) is 16.3 Å². The van der Waals surface area contributed by atoms with Crippen molar-refractivity contribution in [3.63, 3.8) is 0 Å². The molecule has 0 aliphatic heterocycles. The van der Waals surface area contributed by atoms with Crippen LogP contribution in [0.1, 0.15) is 13.8 Å². The molecule has 18 heavy (non-hydrogen) atoms. The van der Waals surface area contributed by atoms with Crippen molar-refractivity contribution in [2.24, 2.45) is 0 Å². The molecule has 0 saturated heterocycles. The summed E-state index contributed by atoms with van der Waals surface area (Å²) in [7, 11) is 4.28. The molecule has 0 saturated carbocycles. The van der Waals surface area contributed by atoms with Gasteiger partial charge >= 0.3 is 0 Å². The topological polar surface area (TPSA) is 46.0 Å². The van der Waals surface area contributed by atoms with E-state index >= 15 is 0 Å². The van der Waals surface area contributed by atoms with Crippen molar-refractivity contribution in [3.8, 4) is 5.75 Å². The van der Waals surface area contributed by atoms with Gasteiger partial charge in [0, 0.05) is 0 Å². The van der Waals surface area contributed by atoms with Crippen LogP contribution in [0.3, 0.4) is 0 Å². The lowest BCUT2D eigenvalue weighted by atomic mass is 10.3. The molecule has 1 aromatic rings. The maximum atomic E-state index is 11.4. The molecule has 1 unspecified atom stereocenters. The monoisotopic (exact) mass is 291 g/mol. The van der Waals surface area contributed by atoms with Crippen LogP contribution < -0.4 is 14.3 Å². The molecular weight excluding hydrogens is 269 g/mol. The highest BCUT2D eigenvalue weighted by Crippen LogP contribution is 2.39. The summed E-state index contributed by atoms with van der Waals surface area (Å²) in [5, 5.41) is 0. The smallest absolute Gasteiger partial charge is 0.169 e. The Morgan fingerprint density at radius 3 is 2.11 bits per heavy atom. The minimum Gasteiger partial charge on any atom is -0.770 e. The molecule has 1 rings (SSSR count). The van der Waals surface area contributed by atoms with Crippen molar-refractivity contribution in [1.82, 2.24) is 0 Å². The van der Waals surface area contributed by atoms with Gasteiger partial charge in [0.05, 0.1) is 27.2 Å². The van der Waals surface area contributed by atoms with E-state index in [4.69, 9.17) is 9.05 Å². The van der Waals surface area contributed by atoms with Gasteiger partial charge in [-0.3, -0.25) is 0 Å². The molecule has 0 heterocycles. The first kappa shape index (κ1) is 17.6. The second-order valence-electron chi connectivity index (χ2n) is 3.83. The summed E-state index contributed by atoms with van der Waals surface area (Å²) >= 11 is 4.64. The fourth-order valence-electron chi connectivity index (χ4n) is 0.795. The molecule has 0 aromatic heterocycles. The summed E-state index contributed by atoms with van der Waals surface area (Å²) in [4.78, 5) is 12.9. The first-order chi connectivity index (χ1) is 8.41. The number of para-hydroxylation sites is 1. The lowest BCUT2D eigenvalue weighted by Crippen LogP contribution is -3.05. The number of hydrogen-bond acceptors (Lipinski definition) is 4. The lowest BCUT2D eigenvalue weighted by molar-refractivity contribution is -0.856. The third-order valence-electron chi connectivity index (χ3n) is 1.95. The molecular formula is C12H22NO3PS. The zero-order valence-electron chi connectivity index (χ0n) is 11.4. The van der Waals surface area contributed by atoms with Crippen molar-refractivity contribution in [2.45, 2.75) is 13.8 Å². The molecule has 0 radical (unpaired) electrons. The van der Waals surface area contributed by atoms with Crippen molar-refractivity contribution in [2.75, 3.05) is 27.2 Å². The molecule has 0 amide bonds. The van der Waals surface area contributed by atoms with Gasteiger partial charge in [-0.25, -0.2) is 0 Å². The van der Waals surface area contributed by atoms with Crippen molar-refractivity contribution in [3.05, 3.63) is 30.3 Å². The fourth-order valence-corrected chi connectivity index (χ4v) is 2.12. The van der Waals surface area contributed by atoms with E-state index in [1.54, 1.807) is 31.2 Å². The van der Waals surface area contributed by atoms with E-state index < -0.39 is 6.72 Å². The first-order valence-electron chi connectivity index (χ1n) is 5.90. The third-order valence-corrected chi connectivity index (χ3v) is 3.50. The van der Waals surface area contributed by atoms with Crippen LogP contribution in [0.25, 0.3) is 0 Å². The number of quaternary nitrogens is 1. The quantitative estimate of drug-likeness (QED) is 0.817. The zero-order chi connectivity index (χ0) is 14.0. The Bertz CT molecular complexity index is 360. The second kappa shape index (κ2) is 9.48. The van der Waals surface area contributed by atoms with Crippen LogP contribution in [0, 0.1) is 0 Å². The molecule has 1 aromatic carbocycles. The molecule has 6 heteroatoms. The highest BCUT2D eigenvalue weighted by molar-refractivity contribution is 8.06. The highest BCUT2D eigenvalue weighted by atomic mass is 32.5. The van der Waals surface area contributed by atoms with E-state index in [9.17, 15) is 4.89 Å². The molecule has 1 N–H and O–H groups in total. The van der Waals surface area contributed by atoms with Crippen LogP contribution >= 0.6 is 6.72 Å². The lowest BCUT2D eigenvalue weighted by Gasteiger charge is -2.26. The molecule has 104 valence electrons. The third kappa shape index (κ3) is 9.57. The van der Waals surface area contributed by atoms with Crippen molar-refractivity contribution in [1.29, 1.82) is 0 Å². The van der Waals surface area contributed by atoms with E-state index in [0.717, 1.165) is 0 Å². The van der Waals surface area contributed by atoms with E-state index in [0.29, 0.717) is 5.75 Å². The van der Waals surface area contributed by atoms with Gasteiger partial charge in [-0.2, -0.15) is 0 Å². The van der Waals surface area contributed by atoms with E-state index in [-0.39, 0.29) is 6.61 Å². The summed E-state index contributed by atoms with van der Waals surface area (Å²) in [6.45, 7) is 2.05. The van der Waals surface area contributed by atoms with E-state index in [2.05, 4.69) is 32.8 Å². The average molecular weight is 291 g/mol. The van der Waals surface area contributed by atoms with Gasteiger partial charge in [-0.15, -0.1) is 0 Å². The van der Waals surface area contributed by atoms with E-state index in [1.807, 2.05) is 6.07 Å². The number of nitrogens with one attached hydrogen (secondary N) is 1. The van der Waals surface area contributed by atoms with E-state index in [1.165, 1.54) is 11.4 Å². The molecule has 0 bridgehead atoms. The predicted octanol–water partition coefficient (Wildman–Crippen LogP) is 0.837. The largest absolute Gasteiger partial charge is 0.770 e. The maximum absolute atomic E-state index is 11.4. The van der Waals surface area contributed by atoms with Gasteiger partial charge in [0.25, 0.3) is 0 Å². The fraction of sp³-hybridized carbons (Fsp3) is 0.500. The molecule has 4 nitrogen and oxygen atoms in total. The van der Waals surface area contributed by atoms with Crippen molar-refractivity contribution < 1.29 is 18.8 Å². The Hall–Kier alpha value is -0.450. The Morgan fingerprint density at radius 1 is 1.22 bits per heavy atom. The Labute approximate surface area is 115 Å². The first-order valence-corrected chi connectivity index (χ1v) is 8.46. The Balaban J connectivity index is 0.000000494. The van der Waals surface area contributed by atoms with Gasteiger partial charge in [-0.1, -0.05) is 18.2 Å². The predicted molar refractivity (Wildman–Crippen MR) is 76.3 cm³/mol. The van der Waals surface area contributed by atoms with Crippen LogP contribution in [0.15, 0.2) is 30.3 Å². The minimum absolute atomic E-state index is 0.285. The van der Waals surface area contributed by atoms with Gasteiger partial charge in [-0.05, 0) is 37.8 Å². The standard InChI is InChI=1S/C8H11O3PS.C4H11N/c1-2-10-12(9,13)11-8-6-4-3-5-7-8;1-4-5(2)3/h3-7H,2H2,1H3,(H,9,13);4H2,1-3H3. The second-order valence-corrected chi connectivity index (χ2v) is 6.51. The number of benzene rings is 1. The summed E-state index contributed by atoms with van der Waals surface area (Å²) < 4.78 is 9.77. The Kier molecular flexibility index (Phi) is 9.24. The minimum atomic E-state index is -3.33. The van der Waals surface area contributed by atoms with Gasteiger partial charge in [0.1, 0.15) is 5.75 Å². The zero-order valence-corrected chi connectivity index (χ0v) is 13.1. The number of rotatable bonds is 5. The summed E-state index contributed by atoms with van der Waals surface area (Å²) in [6.07, 6.45) is 0. The normalized spacial score (nSPS) is 13.4. The maximum Gasteiger partial charge on any atom is 0.169 e. The molecule has 1 atom stereocenters. The highest BCUT2D eigenvalue weighted by Gasteiger charge is 2.03. The summed E-state index contributed by atoms with van der Waals surface area (Å²) in [5.74, 6) is 0.467. The van der Waals surface area contributed by atoms with Gasteiger partial charge in [0.2, 0.25) is 0 Å². The molecule has 0 aliphatic carbocycles. The van der Waals surface area contributed by atoms with Crippen LogP contribution in [0.5, 0.6) is 5.75 Å². The Morgan fingerprint density at radius 2 is 1.72 bits per heavy atom. The SMILES string of the molecule is CCOP([O-])(=S)Oc1ccccc1.CC[NH+](C)C. The van der Waals surface area contributed by atoms with Crippen LogP contribution in [-0.4, -0.2) is 27.2 Å². The van der Waals surface area contributed by atoms with Crippen LogP contribution in [0.4, 0.5) is 0 Å². The molecule has 0 aliphatic rings. The van der Waals surface area contributed by atoms with Gasteiger partial charge < -0.3 is 18.8 Å². The number of hydrogen-bond donors (Lipinski definition) is 1.